The number of rotatable bonds is 2. The number of halogens is 4. The molecule has 1 aromatic carbocycles. The van der Waals surface area contributed by atoms with Crippen molar-refractivity contribution >= 4 is 40.3 Å². The maximum absolute atomic E-state index is 12.4. The van der Waals surface area contributed by atoms with Crippen LogP contribution in [0.1, 0.15) is 15.9 Å². The van der Waals surface area contributed by atoms with E-state index in [0.29, 0.717) is 3.57 Å². The van der Waals surface area contributed by atoms with E-state index in [1.807, 2.05) is 0 Å². The summed E-state index contributed by atoms with van der Waals surface area (Å²) in [6, 6.07) is 4.20. The summed E-state index contributed by atoms with van der Waals surface area (Å²) in [7, 11) is 1.05. The summed E-state index contributed by atoms with van der Waals surface area (Å²) in [5, 5.41) is 8.86. The smallest absolute Gasteiger partial charge is 0.446 e. The van der Waals surface area contributed by atoms with Crippen molar-refractivity contribution in [2.24, 2.45) is 0 Å². The van der Waals surface area contributed by atoms with Crippen molar-refractivity contribution in [3.63, 3.8) is 0 Å². The van der Waals surface area contributed by atoms with E-state index in [1.165, 1.54) is 12.1 Å². The number of nitriles is 1. The average molecular weight is 387 g/mol. The molecule has 0 bridgehead atoms. The van der Waals surface area contributed by atoms with E-state index >= 15 is 0 Å². The molecule has 0 fully saturated rings. The van der Waals surface area contributed by atoms with Crippen LogP contribution in [-0.2, 0) is 4.74 Å². The van der Waals surface area contributed by atoms with Gasteiger partial charge in [-0.2, -0.15) is 18.4 Å². The molecule has 18 heavy (non-hydrogen) atoms. The number of carbonyl (C=O) groups is 1. The summed E-state index contributed by atoms with van der Waals surface area (Å²) in [5.41, 5.74) is -5.04. The van der Waals surface area contributed by atoms with Crippen LogP contribution in [0.25, 0.3) is 0 Å². The topological polar surface area (TPSA) is 50.1 Å². The number of thioether (sulfide) groups is 1. The normalized spacial score (nSPS) is 10.9. The van der Waals surface area contributed by atoms with Crippen molar-refractivity contribution < 1.29 is 22.7 Å². The number of esters is 1. The lowest BCUT2D eigenvalue weighted by atomic mass is 10.1. The van der Waals surface area contributed by atoms with Gasteiger partial charge >= 0.3 is 11.5 Å². The number of nitrogens with zero attached hydrogens (tertiary/aromatic N) is 1. The summed E-state index contributed by atoms with van der Waals surface area (Å²) in [5.74, 6) is -0.963. The van der Waals surface area contributed by atoms with Crippen LogP contribution in [0.2, 0.25) is 0 Å². The molecule has 3 nitrogen and oxygen atoms in total. The maximum Gasteiger partial charge on any atom is 0.446 e. The molecule has 0 spiro atoms. The zero-order valence-electron chi connectivity index (χ0n) is 8.84. The van der Waals surface area contributed by atoms with Crippen molar-refractivity contribution in [3.05, 3.63) is 26.8 Å². The Labute approximate surface area is 118 Å². The van der Waals surface area contributed by atoms with Crippen molar-refractivity contribution in [1.29, 1.82) is 5.26 Å². The highest BCUT2D eigenvalue weighted by molar-refractivity contribution is 14.1. The van der Waals surface area contributed by atoms with Crippen molar-refractivity contribution in [1.82, 2.24) is 0 Å². The second-order valence-corrected chi connectivity index (χ2v) is 5.33. The van der Waals surface area contributed by atoms with Crippen LogP contribution < -0.4 is 0 Å². The molecule has 0 aliphatic carbocycles. The number of hydrogen-bond donors (Lipinski definition) is 0. The Kier molecular flexibility index (Phi) is 4.86. The Morgan fingerprint density at radius 3 is 2.56 bits per heavy atom. The molecule has 96 valence electrons. The zero-order chi connectivity index (χ0) is 13.9. The number of methoxy groups -OCH3 is 1. The third kappa shape index (κ3) is 3.78. The molecule has 0 aliphatic rings. The first-order valence-corrected chi connectivity index (χ1v) is 6.25. The van der Waals surface area contributed by atoms with Gasteiger partial charge in [0, 0.05) is 8.47 Å². The lowest BCUT2D eigenvalue weighted by Crippen LogP contribution is -2.09. The van der Waals surface area contributed by atoms with Gasteiger partial charge in [-0.3, -0.25) is 0 Å². The molecule has 0 amide bonds. The van der Waals surface area contributed by atoms with Crippen molar-refractivity contribution in [3.8, 4) is 6.07 Å². The second-order valence-electron chi connectivity index (χ2n) is 2.98. The predicted octanol–water partition coefficient (Wildman–Crippen LogP) is 3.56. The van der Waals surface area contributed by atoms with E-state index in [9.17, 15) is 18.0 Å². The highest BCUT2D eigenvalue weighted by Gasteiger charge is 2.33. The molecule has 0 heterocycles. The van der Waals surface area contributed by atoms with Crippen LogP contribution in [0, 0.1) is 14.9 Å². The van der Waals surface area contributed by atoms with Crippen LogP contribution in [0.5, 0.6) is 0 Å². The van der Waals surface area contributed by atoms with Gasteiger partial charge in [-0.15, -0.1) is 0 Å². The minimum absolute atomic E-state index is 0.138. The lowest BCUT2D eigenvalue weighted by molar-refractivity contribution is -0.0328. The number of benzene rings is 1. The number of alkyl halides is 3. The number of hydrogen-bond acceptors (Lipinski definition) is 4. The molecule has 0 N–H and O–H groups in total. The first-order valence-electron chi connectivity index (χ1n) is 4.36. The third-order valence-corrected chi connectivity index (χ3v) is 3.20. The summed E-state index contributed by atoms with van der Waals surface area (Å²) in [6.07, 6.45) is 0. The monoisotopic (exact) mass is 387 g/mol. The number of ether oxygens (including phenoxy) is 1. The minimum Gasteiger partial charge on any atom is -0.465 e. The molecule has 0 saturated carbocycles. The first-order chi connectivity index (χ1) is 8.28. The molecule has 0 saturated heterocycles. The van der Waals surface area contributed by atoms with Gasteiger partial charge in [-0.1, -0.05) is 0 Å². The van der Waals surface area contributed by atoms with Gasteiger partial charge in [0.15, 0.2) is 0 Å². The Hall–Kier alpha value is -0.950. The predicted molar refractivity (Wildman–Crippen MR) is 67.1 cm³/mol. The van der Waals surface area contributed by atoms with Crippen LogP contribution in [0.3, 0.4) is 0 Å². The summed E-state index contributed by atoms with van der Waals surface area (Å²) >= 11 is 1.33. The van der Waals surface area contributed by atoms with E-state index in [2.05, 4.69) is 4.74 Å². The van der Waals surface area contributed by atoms with Crippen LogP contribution >= 0.6 is 34.4 Å². The second kappa shape index (κ2) is 5.79. The molecule has 0 aliphatic heterocycles. The van der Waals surface area contributed by atoms with Crippen LogP contribution in [0.4, 0.5) is 13.2 Å². The third-order valence-electron chi connectivity index (χ3n) is 1.80. The molecule has 0 aromatic heterocycles. The van der Waals surface area contributed by atoms with E-state index < -0.39 is 23.2 Å². The summed E-state index contributed by atoms with van der Waals surface area (Å²) in [6.45, 7) is 0. The molecule has 1 aromatic rings. The van der Waals surface area contributed by atoms with E-state index in [0.717, 1.165) is 7.11 Å². The molecule has 1 rings (SSSR count). The molecule has 0 unspecified atom stereocenters. The van der Waals surface area contributed by atoms with E-state index in [4.69, 9.17) is 5.26 Å². The fourth-order valence-corrected chi connectivity index (χ4v) is 2.75. The SMILES string of the molecule is COC(=O)c1c(C#N)cc(I)cc1SC(F)(F)F. The molecule has 0 atom stereocenters. The average Bonchev–Trinajstić information content (AvgIpc) is 2.25. The standard InChI is InChI=1S/C10H5F3INO2S/c1-17-9(16)8-5(4-15)2-6(14)3-7(8)18-10(11,12)13/h2-3H,1H3. The van der Waals surface area contributed by atoms with Gasteiger partial charge in [0.05, 0.1) is 18.2 Å². The number of carbonyl (C=O) groups excluding carboxylic acids is 1. The Bertz CT molecular complexity index is 525. The highest BCUT2D eigenvalue weighted by atomic mass is 127. The molecular weight excluding hydrogens is 382 g/mol. The molecule has 0 radical (unpaired) electrons. The van der Waals surface area contributed by atoms with Crippen LogP contribution in [-0.4, -0.2) is 18.6 Å². The van der Waals surface area contributed by atoms with Crippen LogP contribution in [0.15, 0.2) is 17.0 Å². The van der Waals surface area contributed by atoms with Gasteiger partial charge in [-0.25, -0.2) is 4.79 Å². The first kappa shape index (κ1) is 15.1. The van der Waals surface area contributed by atoms with E-state index in [-0.39, 0.29) is 16.0 Å². The zero-order valence-corrected chi connectivity index (χ0v) is 11.8. The Morgan fingerprint density at radius 2 is 2.11 bits per heavy atom. The summed E-state index contributed by atoms with van der Waals surface area (Å²) < 4.78 is 42.0. The highest BCUT2D eigenvalue weighted by Crippen LogP contribution is 2.40. The Morgan fingerprint density at radius 1 is 1.50 bits per heavy atom. The van der Waals surface area contributed by atoms with Gasteiger partial charge in [-0.05, 0) is 46.5 Å². The van der Waals surface area contributed by atoms with Gasteiger partial charge in [0.25, 0.3) is 0 Å². The molecular formula is C10H5F3INO2S. The van der Waals surface area contributed by atoms with Crippen molar-refractivity contribution in [2.45, 2.75) is 10.4 Å². The largest absolute Gasteiger partial charge is 0.465 e. The van der Waals surface area contributed by atoms with Gasteiger partial charge < -0.3 is 4.74 Å². The maximum atomic E-state index is 12.4. The molecule has 8 heteroatoms. The van der Waals surface area contributed by atoms with Gasteiger partial charge in [0.2, 0.25) is 0 Å². The lowest BCUT2D eigenvalue weighted by Gasteiger charge is -2.11. The summed E-state index contributed by atoms with van der Waals surface area (Å²) in [4.78, 5) is 11.1. The Balaban J connectivity index is 3.43. The minimum atomic E-state index is -4.54. The fraction of sp³-hybridized carbons (Fsp3) is 0.200. The fourth-order valence-electron chi connectivity index (χ4n) is 1.19. The van der Waals surface area contributed by atoms with Gasteiger partial charge in [0.1, 0.15) is 6.07 Å². The quantitative estimate of drug-likeness (QED) is 0.443. The van der Waals surface area contributed by atoms with E-state index in [1.54, 1.807) is 28.7 Å². The van der Waals surface area contributed by atoms with Crippen molar-refractivity contribution in [2.75, 3.05) is 7.11 Å².